The van der Waals surface area contributed by atoms with Crippen LogP contribution in [0.2, 0.25) is 5.02 Å². The summed E-state index contributed by atoms with van der Waals surface area (Å²) in [6, 6.07) is 7.69. The Bertz CT molecular complexity index is 575. The van der Waals surface area contributed by atoms with E-state index < -0.39 is 10.0 Å². The summed E-state index contributed by atoms with van der Waals surface area (Å²) in [7, 11) is -1.49. The molecule has 0 saturated heterocycles. The number of rotatable bonds is 7. The topological polar surface area (TPSA) is 82.6 Å². The molecular formula is C13H21ClN4O2S. The molecule has 0 amide bonds. The lowest BCUT2D eigenvalue weighted by atomic mass is 10.1. The third-order valence-electron chi connectivity index (χ3n) is 2.65. The Morgan fingerprint density at radius 3 is 2.48 bits per heavy atom. The number of guanidine groups is 1. The summed E-state index contributed by atoms with van der Waals surface area (Å²) in [5.41, 5.74) is 1.07. The van der Waals surface area contributed by atoms with E-state index in [0.717, 1.165) is 23.3 Å². The van der Waals surface area contributed by atoms with Crippen LogP contribution in [0.5, 0.6) is 0 Å². The molecule has 0 heterocycles. The van der Waals surface area contributed by atoms with Crippen molar-refractivity contribution in [2.45, 2.75) is 6.42 Å². The van der Waals surface area contributed by atoms with E-state index in [9.17, 15) is 8.42 Å². The summed E-state index contributed by atoms with van der Waals surface area (Å²) in [5.74, 6) is 0.623. The van der Waals surface area contributed by atoms with Gasteiger partial charge in [-0.3, -0.25) is 4.99 Å². The lowest BCUT2D eigenvalue weighted by Gasteiger charge is -2.12. The third kappa shape index (κ3) is 7.89. The number of hydrogen-bond donors (Lipinski definition) is 3. The zero-order chi connectivity index (χ0) is 15.7. The molecular weight excluding hydrogens is 312 g/mol. The molecule has 8 heteroatoms. The van der Waals surface area contributed by atoms with Crippen LogP contribution in [0, 0.1) is 0 Å². The number of benzene rings is 1. The Hall–Kier alpha value is -1.31. The lowest BCUT2D eigenvalue weighted by Crippen LogP contribution is -2.42. The second-order valence-corrected chi connectivity index (χ2v) is 6.67. The van der Waals surface area contributed by atoms with E-state index in [1.165, 1.54) is 0 Å². The summed E-state index contributed by atoms with van der Waals surface area (Å²) in [6.45, 7) is 1.45. The van der Waals surface area contributed by atoms with Gasteiger partial charge in [0.2, 0.25) is 10.0 Å². The van der Waals surface area contributed by atoms with Crippen molar-refractivity contribution in [3.8, 4) is 0 Å². The van der Waals surface area contributed by atoms with E-state index in [0.29, 0.717) is 25.6 Å². The number of halogens is 1. The maximum Gasteiger partial charge on any atom is 0.208 e. The summed E-state index contributed by atoms with van der Waals surface area (Å²) in [4.78, 5) is 4.06. The number of sulfonamides is 1. The number of aliphatic imine (C=N–C) groups is 1. The van der Waals surface area contributed by atoms with Gasteiger partial charge in [0, 0.05) is 31.7 Å². The maximum absolute atomic E-state index is 10.9. The van der Waals surface area contributed by atoms with Gasteiger partial charge in [0.05, 0.1) is 6.26 Å². The molecule has 0 saturated carbocycles. The van der Waals surface area contributed by atoms with Gasteiger partial charge < -0.3 is 10.6 Å². The Morgan fingerprint density at radius 2 is 1.86 bits per heavy atom. The highest BCUT2D eigenvalue weighted by Crippen LogP contribution is 2.14. The van der Waals surface area contributed by atoms with Crippen LogP contribution in [0.15, 0.2) is 29.3 Å². The van der Waals surface area contributed by atoms with Gasteiger partial charge in [-0.05, 0) is 18.1 Å². The molecule has 0 fully saturated rings. The second-order valence-electron chi connectivity index (χ2n) is 4.43. The molecule has 118 valence electrons. The highest BCUT2D eigenvalue weighted by atomic mass is 35.5. The quantitative estimate of drug-likeness (QED) is 0.388. The number of nitrogens with one attached hydrogen (secondary N) is 3. The normalized spacial score (nSPS) is 12.2. The van der Waals surface area contributed by atoms with Gasteiger partial charge in [0.15, 0.2) is 5.96 Å². The molecule has 0 spiro atoms. The SMILES string of the molecule is CN=C(NCCNS(C)(=O)=O)NCCc1ccccc1Cl. The van der Waals surface area contributed by atoms with Crippen LogP contribution in [0.1, 0.15) is 5.56 Å². The van der Waals surface area contributed by atoms with E-state index >= 15 is 0 Å². The Kier molecular flexibility index (Phi) is 7.49. The van der Waals surface area contributed by atoms with Gasteiger partial charge >= 0.3 is 0 Å². The van der Waals surface area contributed by atoms with Crippen LogP contribution in [0.3, 0.4) is 0 Å². The molecule has 0 aliphatic rings. The van der Waals surface area contributed by atoms with Crippen LogP contribution >= 0.6 is 11.6 Å². The average Bonchev–Trinajstić information content (AvgIpc) is 2.42. The zero-order valence-electron chi connectivity index (χ0n) is 12.2. The fourth-order valence-corrected chi connectivity index (χ4v) is 2.36. The first-order chi connectivity index (χ1) is 9.92. The number of hydrogen-bond acceptors (Lipinski definition) is 3. The minimum Gasteiger partial charge on any atom is -0.356 e. The Balaban J connectivity index is 2.27. The van der Waals surface area contributed by atoms with E-state index in [4.69, 9.17) is 11.6 Å². The van der Waals surface area contributed by atoms with E-state index in [1.54, 1.807) is 7.05 Å². The van der Waals surface area contributed by atoms with Gasteiger partial charge in [0.25, 0.3) is 0 Å². The molecule has 6 nitrogen and oxygen atoms in total. The summed E-state index contributed by atoms with van der Waals surface area (Å²) < 4.78 is 24.2. The van der Waals surface area contributed by atoms with Crippen LogP contribution in [-0.4, -0.2) is 47.3 Å². The smallest absolute Gasteiger partial charge is 0.208 e. The standard InChI is InChI=1S/C13H21ClN4O2S/c1-15-13(17-9-10-18-21(2,19)20)16-8-7-11-5-3-4-6-12(11)14/h3-6,18H,7-10H2,1-2H3,(H2,15,16,17). The van der Waals surface area contributed by atoms with Gasteiger partial charge in [-0.1, -0.05) is 29.8 Å². The summed E-state index contributed by atoms with van der Waals surface area (Å²) >= 11 is 6.08. The van der Waals surface area contributed by atoms with Crippen molar-refractivity contribution in [1.82, 2.24) is 15.4 Å². The van der Waals surface area contributed by atoms with Crippen molar-refractivity contribution in [2.75, 3.05) is 32.9 Å². The highest BCUT2D eigenvalue weighted by molar-refractivity contribution is 7.88. The van der Waals surface area contributed by atoms with E-state index in [1.807, 2.05) is 24.3 Å². The molecule has 0 aliphatic heterocycles. The minimum absolute atomic E-state index is 0.310. The first kappa shape index (κ1) is 17.7. The predicted octanol–water partition coefficient (Wildman–Crippen LogP) is 0.597. The average molecular weight is 333 g/mol. The molecule has 0 aromatic heterocycles. The summed E-state index contributed by atoms with van der Waals surface area (Å²) in [5, 5.41) is 6.92. The van der Waals surface area contributed by atoms with Gasteiger partial charge in [-0.2, -0.15) is 0 Å². The molecule has 0 atom stereocenters. The van der Waals surface area contributed by atoms with Crippen molar-refractivity contribution < 1.29 is 8.42 Å². The van der Waals surface area contributed by atoms with E-state index in [2.05, 4.69) is 20.3 Å². The Morgan fingerprint density at radius 1 is 1.19 bits per heavy atom. The van der Waals surface area contributed by atoms with Crippen molar-refractivity contribution >= 4 is 27.6 Å². The molecule has 0 radical (unpaired) electrons. The van der Waals surface area contributed by atoms with E-state index in [-0.39, 0.29) is 0 Å². The molecule has 0 unspecified atom stereocenters. The fraction of sp³-hybridized carbons (Fsp3) is 0.462. The largest absolute Gasteiger partial charge is 0.356 e. The molecule has 1 rings (SSSR count). The molecule has 0 bridgehead atoms. The maximum atomic E-state index is 10.9. The number of nitrogens with zero attached hydrogens (tertiary/aromatic N) is 1. The van der Waals surface area contributed by atoms with Gasteiger partial charge in [0.1, 0.15) is 0 Å². The minimum atomic E-state index is -3.15. The molecule has 1 aromatic rings. The lowest BCUT2D eigenvalue weighted by molar-refractivity contribution is 0.586. The molecule has 3 N–H and O–H groups in total. The van der Waals surface area contributed by atoms with Crippen LogP contribution in [0.25, 0.3) is 0 Å². The second kappa shape index (κ2) is 8.86. The fourth-order valence-electron chi connectivity index (χ4n) is 1.65. The highest BCUT2D eigenvalue weighted by Gasteiger charge is 2.02. The summed E-state index contributed by atoms with van der Waals surface area (Å²) in [6.07, 6.45) is 1.91. The Labute approximate surface area is 131 Å². The predicted molar refractivity (Wildman–Crippen MR) is 87.4 cm³/mol. The molecule has 21 heavy (non-hydrogen) atoms. The molecule has 0 aliphatic carbocycles. The van der Waals surface area contributed by atoms with Crippen LogP contribution in [0.4, 0.5) is 0 Å². The first-order valence-electron chi connectivity index (χ1n) is 6.55. The van der Waals surface area contributed by atoms with Crippen molar-refractivity contribution in [1.29, 1.82) is 0 Å². The van der Waals surface area contributed by atoms with Crippen LogP contribution < -0.4 is 15.4 Å². The van der Waals surface area contributed by atoms with Crippen molar-refractivity contribution in [2.24, 2.45) is 4.99 Å². The van der Waals surface area contributed by atoms with Crippen molar-refractivity contribution in [3.63, 3.8) is 0 Å². The van der Waals surface area contributed by atoms with Gasteiger partial charge in [-0.25, -0.2) is 13.1 Å². The molecule has 1 aromatic carbocycles. The van der Waals surface area contributed by atoms with Crippen LogP contribution in [-0.2, 0) is 16.4 Å². The van der Waals surface area contributed by atoms with Gasteiger partial charge in [-0.15, -0.1) is 0 Å². The monoisotopic (exact) mass is 332 g/mol. The van der Waals surface area contributed by atoms with Crippen molar-refractivity contribution in [3.05, 3.63) is 34.9 Å². The first-order valence-corrected chi connectivity index (χ1v) is 8.82. The third-order valence-corrected chi connectivity index (χ3v) is 3.75. The zero-order valence-corrected chi connectivity index (χ0v) is 13.8.